The molecule has 0 radical (unpaired) electrons. The van der Waals surface area contributed by atoms with E-state index in [9.17, 15) is 0 Å². The van der Waals surface area contributed by atoms with Gasteiger partial charge in [0.25, 0.3) is 0 Å². The number of hydrogen-bond donors (Lipinski definition) is 1. The average molecular weight is 210 g/mol. The van der Waals surface area contributed by atoms with Crippen LogP contribution in [0.3, 0.4) is 0 Å². The Morgan fingerprint density at radius 3 is 3.14 bits per heavy atom. The zero-order valence-corrected chi connectivity index (χ0v) is 9.27. The van der Waals surface area contributed by atoms with Gasteiger partial charge in [0.1, 0.15) is 0 Å². The molecule has 0 aromatic carbocycles. The summed E-state index contributed by atoms with van der Waals surface area (Å²) in [5, 5.41) is 14.5. The van der Waals surface area contributed by atoms with E-state index in [-0.39, 0.29) is 0 Å². The summed E-state index contributed by atoms with van der Waals surface area (Å²) in [5.74, 6) is 0. The van der Waals surface area contributed by atoms with Gasteiger partial charge in [-0.05, 0) is 7.05 Å². The normalized spacial score (nSPS) is 9.79. The Bertz CT molecular complexity index is 315. The highest BCUT2D eigenvalue weighted by atomic mass is 32.1. The average Bonchev–Trinajstić information content (AvgIpc) is 2.63. The summed E-state index contributed by atoms with van der Waals surface area (Å²) in [6.07, 6.45) is 0.539. The Morgan fingerprint density at radius 2 is 2.50 bits per heavy atom. The van der Waals surface area contributed by atoms with Gasteiger partial charge in [0.15, 0.2) is 5.13 Å². The van der Waals surface area contributed by atoms with E-state index in [0.29, 0.717) is 6.42 Å². The molecule has 1 N–H and O–H groups in total. The first-order valence-electron chi connectivity index (χ1n) is 4.45. The van der Waals surface area contributed by atoms with Gasteiger partial charge < -0.3 is 10.2 Å². The van der Waals surface area contributed by atoms with Crippen LogP contribution in [0.25, 0.3) is 0 Å². The van der Waals surface area contributed by atoms with E-state index in [1.807, 2.05) is 24.4 Å². The largest absolute Gasteiger partial charge is 0.350 e. The third-order valence-electron chi connectivity index (χ3n) is 1.78. The topological polar surface area (TPSA) is 52.0 Å². The maximum Gasteiger partial charge on any atom is 0.185 e. The number of rotatable bonds is 5. The summed E-state index contributed by atoms with van der Waals surface area (Å²) in [5.41, 5.74) is 1.05. The van der Waals surface area contributed by atoms with Crippen LogP contribution < -0.4 is 10.2 Å². The van der Waals surface area contributed by atoms with Gasteiger partial charge in [-0.25, -0.2) is 4.98 Å². The van der Waals surface area contributed by atoms with E-state index < -0.39 is 0 Å². The van der Waals surface area contributed by atoms with Crippen molar-refractivity contribution in [1.82, 2.24) is 10.3 Å². The molecule has 5 heteroatoms. The number of nitrogens with one attached hydrogen (secondary N) is 1. The molecule has 0 fully saturated rings. The summed E-state index contributed by atoms with van der Waals surface area (Å²) < 4.78 is 0. The molecule has 76 valence electrons. The SMILES string of the molecule is CNCc1csc(N(C)CCC#N)n1. The highest BCUT2D eigenvalue weighted by molar-refractivity contribution is 7.13. The van der Waals surface area contributed by atoms with Gasteiger partial charge in [-0.3, -0.25) is 0 Å². The van der Waals surface area contributed by atoms with Crippen molar-refractivity contribution >= 4 is 16.5 Å². The van der Waals surface area contributed by atoms with Gasteiger partial charge in [-0.1, -0.05) is 0 Å². The summed E-state index contributed by atoms with van der Waals surface area (Å²) in [7, 11) is 3.86. The number of hydrogen-bond acceptors (Lipinski definition) is 5. The van der Waals surface area contributed by atoms with Crippen molar-refractivity contribution in [2.24, 2.45) is 0 Å². The third-order valence-corrected chi connectivity index (χ3v) is 2.79. The quantitative estimate of drug-likeness (QED) is 0.793. The van der Waals surface area contributed by atoms with Crippen LogP contribution in [0.2, 0.25) is 0 Å². The van der Waals surface area contributed by atoms with Gasteiger partial charge in [0, 0.05) is 25.5 Å². The molecule has 0 bridgehead atoms. The fourth-order valence-corrected chi connectivity index (χ4v) is 1.87. The van der Waals surface area contributed by atoms with Crippen LogP contribution >= 0.6 is 11.3 Å². The minimum absolute atomic E-state index is 0.539. The van der Waals surface area contributed by atoms with Crippen LogP contribution in [0.15, 0.2) is 5.38 Å². The molecule has 0 aliphatic heterocycles. The minimum Gasteiger partial charge on any atom is -0.350 e. The molecule has 0 aliphatic rings. The number of nitrogens with zero attached hydrogens (tertiary/aromatic N) is 3. The minimum atomic E-state index is 0.539. The molecule has 0 saturated heterocycles. The van der Waals surface area contributed by atoms with Gasteiger partial charge in [0.2, 0.25) is 0 Å². The standard InChI is InChI=1S/C9H14N4S/c1-11-6-8-7-14-9(12-8)13(2)5-3-4-10/h7,11H,3,5-6H2,1-2H3. The first kappa shape index (κ1) is 11.0. The summed E-state index contributed by atoms with van der Waals surface area (Å²) in [6, 6.07) is 2.12. The lowest BCUT2D eigenvalue weighted by atomic mass is 10.4. The maximum absolute atomic E-state index is 8.45. The second kappa shape index (κ2) is 5.58. The zero-order chi connectivity index (χ0) is 10.4. The number of anilines is 1. The van der Waals surface area contributed by atoms with Crippen molar-refractivity contribution < 1.29 is 0 Å². The molecule has 1 heterocycles. The molecule has 0 unspecified atom stereocenters. The zero-order valence-electron chi connectivity index (χ0n) is 8.45. The van der Waals surface area contributed by atoms with Crippen LogP contribution in [0.1, 0.15) is 12.1 Å². The summed E-state index contributed by atoms with van der Waals surface area (Å²) in [6.45, 7) is 1.53. The smallest absolute Gasteiger partial charge is 0.185 e. The lowest BCUT2D eigenvalue weighted by Gasteiger charge is -2.12. The Labute approximate surface area is 88.2 Å². The number of nitriles is 1. The molecule has 0 aliphatic carbocycles. The maximum atomic E-state index is 8.45. The fraction of sp³-hybridized carbons (Fsp3) is 0.556. The van der Waals surface area contributed by atoms with Crippen LogP contribution in [0.5, 0.6) is 0 Å². The van der Waals surface area contributed by atoms with Crippen molar-refractivity contribution in [3.63, 3.8) is 0 Å². The van der Waals surface area contributed by atoms with Gasteiger partial charge >= 0.3 is 0 Å². The molecule has 4 nitrogen and oxygen atoms in total. The lowest BCUT2D eigenvalue weighted by Crippen LogP contribution is -2.18. The number of aromatic nitrogens is 1. The predicted molar refractivity (Wildman–Crippen MR) is 58.4 cm³/mol. The predicted octanol–water partition coefficient (Wildman–Crippen LogP) is 1.21. The Kier molecular flexibility index (Phi) is 4.36. The third kappa shape index (κ3) is 2.98. The summed E-state index contributed by atoms with van der Waals surface area (Å²) >= 11 is 1.61. The lowest BCUT2D eigenvalue weighted by molar-refractivity contribution is 0.792. The second-order valence-electron chi connectivity index (χ2n) is 2.98. The molecule has 0 saturated carbocycles. The van der Waals surface area contributed by atoms with Gasteiger partial charge in [0.05, 0.1) is 18.2 Å². The van der Waals surface area contributed by atoms with E-state index in [2.05, 4.69) is 16.4 Å². The molecule has 14 heavy (non-hydrogen) atoms. The molecule has 0 spiro atoms. The first-order valence-corrected chi connectivity index (χ1v) is 5.33. The van der Waals surface area contributed by atoms with Crippen molar-refractivity contribution in [3.8, 4) is 6.07 Å². The van der Waals surface area contributed by atoms with Crippen molar-refractivity contribution in [1.29, 1.82) is 5.26 Å². The number of thiazole rings is 1. The molecule has 0 atom stereocenters. The highest BCUT2D eigenvalue weighted by Crippen LogP contribution is 2.18. The van der Waals surface area contributed by atoms with Crippen molar-refractivity contribution in [2.45, 2.75) is 13.0 Å². The van der Waals surface area contributed by atoms with E-state index in [4.69, 9.17) is 5.26 Å². The van der Waals surface area contributed by atoms with Crippen molar-refractivity contribution in [2.75, 3.05) is 25.5 Å². The van der Waals surface area contributed by atoms with Crippen LogP contribution in [0.4, 0.5) is 5.13 Å². The van der Waals surface area contributed by atoms with E-state index in [1.165, 1.54) is 0 Å². The Hall–Kier alpha value is -1.12. The molecular weight excluding hydrogens is 196 g/mol. The van der Waals surface area contributed by atoms with Gasteiger partial charge in [-0.15, -0.1) is 11.3 Å². The Morgan fingerprint density at radius 1 is 1.71 bits per heavy atom. The van der Waals surface area contributed by atoms with Crippen molar-refractivity contribution in [3.05, 3.63) is 11.1 Å². The van der Waals surface area contributed by atoms with Crippen LogP contribution in [-0.4, -0.2) is 25.6 Å². The Balaban J connectivity index is 2.53. The van der Waals surface area contributed by atoms with E-state index in [0.717, 1.165) is 23.9 Å². The summed E-state index contributed by atoms with van der Waals surface area (Å²) in [4.78, 5) is 6.43. The van der Waals surface area contributed by atoms with Crippen LogP contribution in [0, 0.1) is 11.3 Å². The molecule has 0 amide bonds. The van der Waals surface area contributed by atoms with Crippen LogP contribution in [-0.2, 0) is 6.54 Å². The monoisotopic (exact) mass is 210 g/mol. The molecule has 1 aromatic heterocycles. The molecule has 1 rings (SSSR count). The fourth-order valence-electron chi connectivity index (χ4n) is 1.05. The van der Waals surface area contributed by atoms with E-state index in [1.54, 1.807) is 11.3 Å². The van der Waals surface area contributed by atoms with Gasteiger partial charge in [-0.2, -0.15) is 5.26 Å². The van der Waals surface area contributed by atoms with E-state index >= 15 is 0 Å². The molecule has 1 aromatic rings. The second-order valence-corrected chi connectivity index (χ2v) is 3.82. The highest BCUT2D eigenvalue weighted by Gasteiger charge is 2.05. The first-order chi connectivity index (χ1) is 6.77. The molecular formula is C9H14N4S.